The zero-order valence-corrected chi connectivity index (χ0v) is 19.4. The summed E-state index contributed by atoms with van der Waals surface area (Å²) in [5.74, 6) is 0.0738. The Kier molecular flexibility index (Phi) is 7.15. The highest BCUT2D eigenvalue weighted by atomic mass is 19.4. The van der Waals surface area contributed by atoms with E-state index in [2.05, 4.69) is 15.0 Å². The van der Waals surface area contributed by atoms with Crippen molar-refractivity contribution in [2.24, 2.45) is 0 Å². The van der Waals surface area contributed by atoms with Gasteiger partial charge in [0.1, 0.15) is 11.9 Å². The van der Waals surface area contributed by atoms with E-state index >= 15 is 0 Å². The third-order valence-electron chi connectivity index (χ3n) is 5.52. The molecular weight excluding hydrogens is 469 g/mol. The standard InChI is InChI=1S/C22H27F3N6O4/c1-13(2)34-21(32)31-4-3-14(12-31)35-19-10-17(28-20(29-19)30-5-7-33-8-6-30)15-11-27-18(26)9-16(15)22(23,24)25/h9-11,13-14H,3-8,12H2,1-2H3,(H2,26,27)/t14-/m1/s1. The molecule has 2 N–H and O–H groups in total. The van der Waals surface area contributed by atoms with E-state index in [-0.39, 0.29) is 41.6 Å². The molecule has 35 heavy (non-hydrogen) atoms. The molecule has 2 aromatic heterocycles. The lowest BCUT2D eigenvalue weighted by Gasteiger charge is -2.27. The van der Waals surface area contributed by atoms with Gasteiger partial charge in [0.15, 0.2) is 0 Å². The highest BCUT2D eigenvalue weighted by Gasteiger charge is 2.35. The normalized spacial score (nSPS) is 18.7. The van der Waals surface area contributed by atoms with Gasteiger partial charge in [0, 0.05) is 43.9 Å². The lowest BCUT2D eigenvalue weighted by atomic mass is 10.1. The van der Waals surface area contributed by atoms with Crippen molar-refractivity contribution in [1.29, 1.82) is 0 Å². The molecule has 0 radical (unpaired) electrons. The van der Waals surface area contributed by atoms with Crippen LogP contribution in [0.1, 0.15) is 25.8 Å². The van der Waals surface area contributed by atoms with Crippen LogP contribution in [0.3, 0.4) is 0 Å². The van der Waals surface area contributed by atoms with Crippen molar-refractivity contribution in [3.63, 3.8) is 0 Å². The Morgan fingerprint density at radius 2 is 1.94 bits per heavy atom. The van der Waals surface area contributed by atoms with Crippen LogP contribution in [0.5, 0.6) is 5.88 Å². The van der Waals surface area contributed by atoms with Crippen molar-refractivity contribution in [2.75, 3.05) is 50.0 Å². The Morgan fingerprint density at radius 1 is 1.20 bits per heavy atom. The predicted octanol–water partition coefficient (Wildman–Crippen LogP) is 2.97. The summed E-state index contributed by atoms with van der Waals surface area (Å²) in [6, 6.07) is 2.13. The van der Waals surface area contributed by atoms with Crippen molar-refractivity contribution in [3.05, 3.63) is 23.9 Å². The minimum atomic E-state index is -4.67. The molecule has 4 heterocycles. The topological polar surface area (TPSA) is 116 Å². The van der Waals surface area contributed by atoms with E-state index in [1.807, 2.05) is 4.90 Å². The summed E-state index contributed by atoms with van der Waals surface area (Å²) in [4.78, 5) is 28.2. The largest absolute Gasteiger partial charge is 0.472 e. The molecule has 190 valence electrons. The lowest BCUT2D eigenvalue weighted by molar-refractivity contribution is -0.137. The molecule has 0 aliphatic carbocycles. The highest BCUT2D eigenvalue weighted by Crippen LogP contribution is 2.38. The molecule has 13 heteroatoms. The van der Waals surface area contributed by atoms with E-state index in [9.17, 15) is 18.0 Å². The summed E-state index contributed by atoms with van der Waals surface area (Å²) < 4.78 is 57.9. The van der Waals surface area contributed by atoms with Crippen LogP contribution in [-0.2, 0) is 15.7 Å². The van der Waals surface area contributed by atoms with Crippen LogP contribution in [0.25, 0.3) is 11.3 Å². The minimum absolute atomic E-state index is 0.00499. The summed E-state index contributed by atoms with van der Waals surface area (Å²) >= 11 is 0. The zero-order chi connectivity index (χ0) is 25.2. The lowest BCUT2D eigenvalue weighted by Crippen LogP contribution is -2.37. The van der Waals surface area contributed by atoms with Crippen LogP contribution in [0.15, 0.2) is 18.3 Å². The van der Waals surface area contributed by atoms with Gasteiger partial charge in [-0.2, -0.15) is 18.2 Å². The number of hydrogen-bond acceptors (Lipinski definition) is 9. The van der Waals surface area contributed by atoms with Gasteiger partial charge in [-0.25, -0.2) is 14.8 Å². The van der Waals surface area contributed by atoms with Gasteiger partial charge < -0.3 is 29.7 Å². The summed E-state index contributed by atoms with van der Waals surface area (Å²) in [5.41, 5.74) is 4.34. The minimum Gasteiger partial charge on any atom is -0.472 e. The van der Waals surface area contributed by atoms with E-state index in [0.29, 0.717) is 39.3 Å². The quantitative estimate of drug-likeness (QED) is 0.667. The van der Waals surface area contributed by atoms with Gasteiger partial charge in [0.2, 0.25) is 11.8 Å². The number of alkyl halides is 3. The molecule has 10 nitrogen and oxygen atoms in total. The third kappa shape index (κ3) is 6.02. The highest BCUT2D eigenvalue weighted by molar-refractivity contribution is 5.68. The molecule has 2 fully saturated rings. The van der Waals surface area contributed by atoms with Crippen LogP contribution >= 0.6 is 0 Å². The number of nitrogens with zero attached hydrogens (tertiary/aromatic N) is 5. The average molecular weight is 496 g/mol. The molecule has 1 atom stereocenters. The van der Waals surface area contributed by atoms with Gasteiger partial charge in [-0.15, -0.1) is 0 Å². The first-order valence-electron chi connectivity index (χ1n) is 11.3. The number of nitrogen functional groups attached to an aromatic ring is 1. The Labute approximate surface area is 200 Å². The number of hydrogen-bond donors (Lipinski definition) is 1. The Balaban J connectivity index is 1.65. The molecule has 0 spiro atoms. The van der Waals surface area contributed by atoms with E-state index in [1.165, 1.54) is 11.0 Å². The van der Waals surface area contributed by atoms with Crippen molar-refractivity contribution in [1.82, 2.24) is 19.9 Å². The number of halogens is 3. The number of ether oxygens (including phenoxy) is 3. The van der Waals surface area contributed by atoms with Crippen LogP contribution < -0.4 is 15.4 Å². The first kappa shape index (κ1) is 24.8. The maximum absolute atomic E-state index is 13.8. The first-order chi connectivity index (χ1) is 16.6. The number of morpholine rings is 1. The van der Waals surface area contributed by atoms with Gasteiger partial charge >= 0.3 is 12.3 Å². The Morgan fingerprint density at radius 3 is 2.63 bits per heavy atom. The Bertz CT molecular complexity index is 1060. The smallest absolute Gasteiger partial charge is 0.417 e. The molecule has 0 unspecified atom stereocenters. The fraction of sp³-hybridized carbons (Fsp3) is 0.545. The van der Waals surface area contributed by atoms with Crippen molar-refractivity contribution < 1.29 is 32.2 Å². The SMILES string of the molecule is CC(C)OC(=O)N1CC[C@@H](Oc2cc(-c3cnc(N)cc3C(F)(F)F)nc(N3CCOCC3)n2)C1. The van der Waals surface area contributed by atoms with Crippen LogP contribution in [0, 0.1) is 0 Å². The molecule has 2 aromatic rings. The number of rotatable bonds is 5. The second kappa shape index (κ2) is 10.1. The summed E-state index contributed by atoms with van der Waals surface area (Å²) in [6.07, 6.45) is -4.18. The third-order valence-corrected chi connectivity index (χ3v) is 5.52. The van der Waals surface area contributed by atoms with E-state index in [4.69, 9.17) is 19.9 Å². The van der Waals surface area contributed by atoms with Gasteiger partial charge in [-0.3, -0.25) is 0 Å². The molecule has 0 aromatic carbocycles. The molecule has 4 rings (SSSR count). The van der Waals surface area contributed by atoms with E-state index < -0.39 is 23.9 Å². The molecule has 1 amide bonds. The maximum atomic E-state index is 13.8. The molecule has 2 aliphatic heterocycles. The number of likely N-dealkylation sites (tertiary alicyclic amines) is 1. The monoisotopic (exact) mass is 496 g/mol. The summed E-state index contributed by atoms with van der Waals surface area (Å²) in [6.45, 7) is 6.07. The van der Waals surface area contributed by atoms with Gasteiger partial charge in [-0.05, 0) is 19.9 Å². The number of aromatic nitrogens is 3. The summed E-state index contributed by atoms with van der Waals surface area (Å²) in [5, 5.41) is 0. The van der Waals surface area contributed by atoms with Gasteiger partial charge in [-0.1, -0.05) is 0 Å². The zero-order valence-electron chi connectivity index (χ0n) is 19.4. The van der Waals surface area contributed by atoms with Crippen molar-refractivity contribution in [2.45, 2.75) is 38.7 Å². The maximum Gasteiger partial charge on any atom is 0.417 e. The second-order valence-corrected chi connectivity index (χ2v) is 8.55. The van der Waals surface area contributed by atoms with Crippen LogP contribution in [-0.4, -0.2) is 77.5 Å². The number of anilines is 2. The molecule has 2 saturated heterocycles. The number of amides is 1. The van der Waals surface area contributed by atoms with Crippen molar-refractivity contribution in [3.8, 4) is 17.1 Å². The van der Waals surface area contributed by atoms with Crippen molar-refractivity contribution >= 4 is 17.9 Å². The van der Waals surface area contributed by atoms with Crippen LogP contribution in [0.2, 0.25) is 0 Å². The molecule has 2 aliphatic rings. The molecule has 0 saturated carbocycles. The number of carbonyl (C=O) groups is 1. The van der Waals surface area contributed by atoms with Gasteiger partial charge in [0.25, 0.3) is 0 Å². The predicted molar refractivity (Wildman–Crippen MR) is 120 cm³/mol. The average Bonchev–Trinajstić information content (AvgIpc) is 3.27. The molecular formula is C22H27F3N6O4. The van der Waals surface area contributed by atoms with E-state index in [1.54, 1.807) is 13.8 Å². The Hall–Kier alpha value is -3.35. The fourth-order valence-electron chi connectivity index (χ4n) is 3.86. The van der Waals surface area contributed by atoms with Gasteiger partial charge in [0.05, 0.1) is 37.1 Å². The van der Waals surface area contributed by atoms with E-state index in [0.717, 1.165) is 12.3 Å². The van der Waals surface area contributed by atoms with Crippen LogP contribution in [0.4, 0.5) is 29.7 Å². The number of nitrogens with two attached hydrogens (primary N) is 1. The summed E-state index contributed by atoms with van der Waals surface area (Å²) in [7, 11) is 0. The molecule has 0 bridgehead atoms. The fourth-order valence-corrected chi connectivity index (χ4v) is 3.86. The number of carbonyl (C=O) groups excluding carboxylic acids is 1. The second-order valence-electron chi connectivity index (χ2n) is 8.55. The first-order valence-corrected chi connectivity index (χ1v) is 11.3. The number of pyridine rings is 1.